The van der Waals surface area contributed by atoms with Gasteiger partial charge in [-0.25, -0.2) is 0 Å². The van der Waals surface area contributed by atoms with Crippen LogP contribution in [-0.4, -0.2) is 35.1 Å². The number of carbonyl (C=O) groups excluding carboxylic acids is 1. The summed E-state index contributed by atoms with van der Waals surface area (Å²) in [6.45, 7) is 1.24. The highest BCUT2D eigenvalue weighted by molar-refractivity contribution is 6.37. The average Bonchev–Trinajstić information content (AvgIpc) is 3.15. The summed E-state index contributed by atoms with van der Waals surface area (Å²) in [5.41, 5.74) is 6.04. The topological polar surface area (TPSA) is 81.6 Å². The molecule has 0 saturated carbocycles. The lowest BCUT2D eigenvalue weighted by Crippen LogP contribution is -2.32. The van der Waals surface area contributed by atoms with Crippen molar-refractivity contribution in [3.8, 4) is 5.75 Å². The van der Waals surface area contributed by atoms with Gasteiger partial charge in [0.1, 0.15) is 6.61 Å². The van der Waals surface area contributed by atoms with Gasteiger partial charge >= 0.3 is 0 Å². The van der Waals surface area contributed by atoms with Crippen LogP contribution in [0.2, 0.25) is 10.0 Å². The second-order valence-corrected chi connectivity index (χ2v) is 6.13. The number of amides is 1. The van der Waals surface area contributed by atoms with Gasteiger partial charge in [0.05, 0.1) is 10.0 Å². The highest BCUT2D eigenvalue weighted by atomic mass is 35.5. The van der Waals surface area contributed by atoms with Crippen LogP contribution in [0.25, 0.3) is 0 Å². The number of halogens is 2. The van der Waals surface area contributed by atoms with Gasteiger partial charge in [-0.05, 0) is 18.6 Å². The minimum absolute atomic E-state index is 0.0241. The lowest BCUT2D eigenvalue weighted by molar-refractivity contribution is 0.0780. The van der Waals surface area contributed by atoms with Crippen LogP contribution in [0.4, 0.5) is 0 Å². The molecular formula is C15H15Cl2N3O3. The third-order valence-corrected chi connectivity index (χ3v) is 4.16. The molecule has 0 bridgehead atoms. The zero-order valence-corrected chi connectivity index (χ0v) is 13.7. The Morgan fingerprint density at radius 2 is 2.17 bits per heavy atom. The Morgan fingerprint density at radius 3 is 2.83 bits per heavy atom. The number of likely N-dealkylation sites (tertiary alicyclic amines) is 1. The normalized spacial score (nSPS) is 17.5. The minimum atomic E-state index is -0.191. The van der Waals surface area contributed by atoms with E-state index in [4.69, 9.17) is 38.2 Å². The number of rotatable bonds is 4. The van der Waals surface area contributed by atoms with Crippen molar-refractivity contribution in [1.29, 1.82) is 0 Å². The van der Waals surface area contributed by atoms with Crippen LogP contribution in [0.5, 0.6) is 5.75 Å². The van der Waals surface area contributed by atoms with Gasteiger partial charge < -0.3 is 19.9 Å². The predicted octanol–water partition coefficient (Wildman–Crippen LogP) is 2.73. The van der Waals surface area contributed by atoms with Gasteiger partial charge in [-0.15, -0.1) is 0 Å². The first-order chi connectivity index (χ1) is 11.0. The van der Waals surface area contributed by atoms with E-state index in [-0.39, 0.29) is 24.2 Å². The summed E-state index contributed by atoms with van der Waals surface area (Å²) < 4.78 is 10.7. The Balaban J connectivity index is 1.64. The second kappa shape index (κ2) is 6.78. The number of nitrogens with two attached hydrogens (primary N) is 1. The molecule has 1 saturated heterocycles. The number of hydrogen-bond acceptors (Lipinski definition) is 5. The second-order valence-electron chi connectivity index (χ2n) is 5.32. The Hall–Kier alpha value is -1.76. The zero-order valence-electron chi connectivity index (χ0n) is 12.2. The third-order valence-electron chi connectivity index (χ3n) is 3.57. The fourth-order valence-electron chi connectivity index (χ4n) is 2.38. The molecule has 1 aromatic heterocycles. The minimum Gasteiger partial charge on any atom is -0.482 e. The number of benzene rings is 1. The van der Waals surface area contributed by atoms with Gasteiger partial charge in [-0.2, -0.15) is 0 Å². The van der Waals surface area contributed by atoms with E-state index in [1.165, 1.54) is 0 Å². The lowest BCUT2D eigenvalue weighted by atomic mass is 10.3. The number of carbonyl (C=O) groups is 1. The van der Waals surface area contributed by atoms with Gasteiger partial charge in [0.2, 0.25) is 0 Å². The van der Waals surface area contributed by atoms with E-state index in [1.807, 2.05) is 0 Å². The molecule has 122 valence electrons. The summed E-state index contributed by atoms with van der Waals surface area (Å²) in [6, 6.07) is 6.65. The fraction of sp³-hybridized carbons (Fsp3) is 0.333. The number of nitrogens with zero attached hydrogens (tertiary/aromatic N) is 2. The Bertz CT molecular complexity index is 699. The quantitative estimate of drug-likeness (QED) is 0.911. The van der Waals surface area contributed by atoms with E-state index in [2.05, 4.69) is 5.16 Å². The summed E-state index contributed by atoms with van der Waals surface area (Å²) in [7, 11) is 0. The highest BCUT2D eigenvalue weighted by Gasteiger charge is 2.26. The van der Waals surface area contributed by atoms with Crippen LogP contribution < -0.4 is 10.5 Å². The molecule has 6 nitrogen and oxygen atoms in total. The maximum Gasteiger partial charge on any atom is 0.276 e. The molecule has 1 atom stereocenters. The molecule has 0 aliphatic carbocycles. The van der Waals surface area contributed by atoms with E-state index in [9.17, 15) is 4.79 Å². The van der Waals surface area contributed by atoms with Crippen molar-refractivity contribution in [2.75, 3.05) is 13.1 Å². The van der Waals surface area contributed by atoms with Crippen molar-refractivity contribution in [3.05, 3.63) is 45.8 Å². The molecule has 0 spiro atoms. The Morgan fingerprint density at radius 1 is 1.43 bits per heavy atom. The number of ether oxygens (including phenoxy) is 1. The fourth-order valence-corrected chi connectivity index (χ4v) is 2.89. The highest BCUT2D eigenvalue weighted by Crippen LogP contribution is 2.32. The van der Waals surface area contributed by atoms with Crippen LogP contribution in [0.1, 0.15) is 22.7 Å². The van der Waals surface area contributed by atoms with Crippen molar-refractivity contribution < 1.29 is 14.1 Å². The summed E-state index contributed by atoms with van der Waals surface area (Å²) in [6.07, 6.45) is 0.796. The number of para-hydroxylation sites is 1. The van der Waals surface area contributed by atoms with Crippen molar-refractivity contribution in [2.24, 2.45) is 5.73 Å². The molecule has 1 fully saturated rings. The molecule has 2 aromatic rings. The summed E-state index contributed by atoms with van der Waals surface area (Å²) in [4.78, 5) is 13.9. The van der Waals surface area contributed by atoms with Gasteiger partial charge in [-0.1, -0.05) is 34.4 Å². The number of aromatic nitrogens is 1. The van der Waals surface area contributed by atoms with E-state index in [0.29, 0.717) is 34.6 Å². The molecule has 3 rings (SSSR count). The van der Waals surface area contributed by atoms with E-state index < -0.39 is 0 Å². The molecule has 2 heterocycles. The monoisotopic (exact) mass is 355 g/mol. The van der Waals surface area contributed by atoms with Crippen LogP contribution in [0.3, 0.4) is 0 Å². The van der Waals surface area contributed by atoms with E-state index in [1.54, 1.807) is 29.2 Å². The predicted molar refractivity (Wildman–Crippen MR) is 85.8 cm³/mol. The molecule has 0 radical (unpaired) electrons. The van der Waals surface area contributed by atoms with Crippen molar-refractivity contribution in [2.45, 2.75) is 19.1 Å². The first kappa shape index (κ1) is 16.1. The molecule has 0 unspecified atom stereocenters. The molecule has 2 N–H and O–H groups in total. The first-order valence-electron chi connectivity index (χ1n) is 7.12. The standard InChI is InChI=1S/C15H15Cl2N3O3/c16-11-2-1-3-12(17)14(11)22-8-10-6-13(19-23-10)15(21)20-5-4-9(18)7-20/h1-3,6,9H,4-5,7-8,18H2/t9-/m1/s1. The molecule has 1 amide bonds. The molecule has 23 heavy (non-hydrogen) atoms. The van der Waals surface area contributed by atoms with Crippen LogP contribution in [0, 0.1) is 0 Å². The SMILES string of the molecule is N[C@@H]1CCN(C(=O)c2cc(COc3c(Cl)cccc3Cl)on2)C1. The Kier molecular flexibility index (Phi) is 4.75. The zero-order chi connectivity index (χ0) is 16.4. The van der Waals surface area contributed by atoms with Gasteiger partial charge in [0.15, 0.2) is 17.2 Å². The third kappa shape index (κ3) is 3.60. The first-order valence-corrected chi connectivity index (χ1v) is 7.87. The van der Waals surface area contributed by atoms with Crippen LogP contribution in [0.15, 0.2) is 28.8 Å². The van der Waals surface area contributed by atoms with Gasteiger partial charge in [0, 0.05) is 25.2 Å². The molecular weight excluding hydrogens is 341 g/mol. The summed E-state index contributed by atoms with van der Waals surface area (Å²) >= 11 is 12.0. The van der Waals surface area contributed by atoms with Crippen LogP contribution >= 0.6 is 23.2 Å². The molecule has 1 aliphatic heterocycles. The summed E-state index contributed by atoms with van der Waals surface area (Å²) in [5.74, 6) is 0.585. The maximum atomic E-state index is 12.3. The molecule has 8 heteroatoms. The Labute approximate surface area is 143 Å². The maximum absolute atomic E-state index is 12.3. The summed E-state index contributed by atoms with van der Waals surface area (Å²) in [5, 5.41) is 4.59. The smallest absolute Gasteiger partial charge is 0.276 e. The van der Waals surface area contributed by atoms with Gasteiger partial charge in [-0.3, -0.25) is 4.79 Å². The van der Waals surface area contributed by atoms with Crippen LogP contribution in [-0.2, 0) is 6.61 Å². The molecule has 1 aliphatic rings. The average molecular weight is 356 g/mol. The molecule has 1 aromatic carbocycles. The van der Waals surface area contributed by atoms with Crippen molar-refractivity contribution in [1.82, 2.24) is 10.1 Å². The lowest BCUT2D eigenvalue weighted by Gasteiger charge is -2.13. The van der Waals surface area contributed by atoms with E-state index >= 15 is 0 Å². The van der Waals surface area contributed by atoms with E-state index in [0.717, 1.165) is 6.42 Å². The largest absolute Gasteiger partial charge is 0.482 e. The number of hydrogen-bond donors (Lipinski definition) is 1. The van der Waals surface area contributed by atoms with Crippen molar-refractivity contribution >= 4 is 29.1 Å². The van der Waals surface area contributed by atoms with Gasteiger partial charge in [0.25, 0.3) is 5.91 Å². The van der Waals surface area contributed by atoms with Crippen molar-refractivity contribution in [3.63, 3.8) is 0 Å².